The topological polar surface area (TPSA) is 88.1 Å². The van der Waals surface area contributed by atoms with Gasteiger partial charge in [0.25, 0.3) is 0 Å². The molecule has 2 heterocycles. The van der Waals surface area contributed by atoms with Crippen LogP contribution in [0.25, 0.3) is 0 Å². The van der Waals surface area contributed by atoms with Gasteiger partial charge in [0, 0.05) is 24.2 Å². The Morgan fingerprint density at radius 2 is 1.54 bits per heavy atom. The number of amides is 1. The maximum Gasteiger partial charge on any atom is 0.309 e. The fraction of sp³-hybridized carbons (Fsp3) is 0.375. The number of ether oxygens (including phenoxy) is 2. The van der Waals surface area contributed by atoms with Crippen LogP contribution in [-0.4, -0.2) is 41.8 Å². The minimum absolute atomic E-state index is 0.0869. The molecule has 0 aliphatic carbocycles. The summed E-state index contributed by atoms with van der Waals surface area (Å²) in [5, 5.41) is 13.7. The largest absolute Gasteiger partial charge is 0.481 e. The van der Waals surface area contributed by atoms with E-state index in [4.69, 9.17) is 9.47 Å². The van der Waals surface area contributed by atoms with E-state index in [0.29, 0.717) is 18.0 Å². The maximum atomic E-state index is 13.6. The molecule has 3 atom stereocenters. The number of rotatable bonds is 8. The summed E-state index contributed by atoms with van der Waals surface area (Å²) in [5.74, 6) is -0.808. The Morgan fingerprint density at radius 1 is 0.897 bits per heavy atom. The molecule has 0 spiro atoms. The molecule has 2 aliphatic heterocycles. The van der Waals surface area contributed by atoms with Crippen molar-refractivity contribution in [3.63, 3.8) is 0 Å². The molecule has 0 unspecified atom stereocenters. The van der Waals surface area contributed by atoms with Crippen molar-refractivity contribution in [2.75, 3.05) is 25.2 Å². The first-order chi connectivity index (χ1) is 18.8. The van der Waals surface area contributed by atoms with Crippen molar-refractivity contribution in [3.8, 4) is 11.5 Å². The Hall–Kier alpha value is -3.84. The van der Waals surface area contributed by atoms with Gasteiger partial charge in [-0.2, -0.15) is 0 Å². The molecule has 3 aromatic rings. The summed E-state index contributed by atoms with van der Waals surface area (Å²) in [6.07, 6.45) is 1.63. The number of aryl methyl sites for hydroxylation is 4. The van der Waals surface area contributed by atoms with Gasteiger partial charge in [0.1, 0.15) is 0 Å². The number of fused-ring (bicyclic) bond motifs is 1. The fourth-order valence-electron chi connectivity index (χ4n) is 6.06. The highest BCUT2D eigenvalue weighted by Crippen LogP contribution is 2.47. The number of carboxylic acids is 1. The van der Waals surface area contributed by atoms with Crippen molar-refractivity contribution in [1.82, 2.24) is 4.90 Å². The van der Waals surface area contributed by atoms with E-state index >= 15 is 0 Å². The van der Waals surface area contributed by atoms with Gasteiger partial charge in [0.05, 0.1) is 12.5 Å². The van der Waals surface area contributed by atoms with Gasteiger partial charge in [-0.25, -0.2) is 0 Å². The third kappa shape index (κ3) is 5.36. The molecule has 7 heteroatoms. The first-order valence-electron chi connectivity index (χ1n) is 13.6. The first-order valence-corrected chi connectivity index (χ1v) is 13.6. The maximum absolute atomic E-state index is 13.6. The summed E-state index contributed by atoms with van der Waals surface area (Å²) >= 11 is 0. The van der Waals surface area contributed by atoms with E-state index in [1.165, 1.54) is 5.56 Å². The molecular weight excluding hydrogens is 492 g/mol. The number of likely N-dealkylation sites (tertiary alicyclic amines) is 1. The van der Waals surface area contributed by atoms with Gasteiger partial charge in [-0.15, -0.1) is 0 Å². The molecule has 5 rings (SSSR count). The van der Waals surface area contributed by atoms with Gasteiger partial charge in [-0.3, -0.25) is 14.5 Å². The third-order valence-corrected chi connectivity index (χ3v) is 7.95. The van der Waals surface area contributed by atoms with Gasteiger partial charge >= 0.3 is 5.97 Å². The molecule has 204 valence electrons. The molecule has 39 heavy (non-hydrogen) atoms. The second-order valence-electron chi connectivity index (χ2n) is 10.6. The van der Waals surface area contributed by atoms with Gasteiger partial charge in [-0.1, -0.05) is 67.4 Å². The number of nitrogens with one attached hydrogen (secondary N) is 1. The van der Waals surface area contributed by atoms with Crippen LogP contribution in [0.5, 0.6) is 11.5 Å². The van der Waals surface area contributed by atoms with Gasteiger partial charge in [0.15, 0.2) is 11.5 Å². The Labute approximate surface area is 229 Å². The van der Waals surface area contributed by atoms with Crippen LogP contribution in [0.3, 0.4) is 0 Å². The summed E-state index contributed by atoms with van der Waals surface area (Å²) in [6.45, 7) is 8.93. The smallest absolute Gasteiger partial charge is 0.309 e. The van der Waals surface area contributed by atoms with E-state index < -0.39 is 17.9 Å². The number of benzene rings is 3. The second-order valence-corrected chi connectivity index (χ2v) is 10.6. The number of carbonyl (C=O) groups is 2. The third-order valence-electron chi connectivity index (χ3n) is 7.95. The van der Waals surface area contributed by atoms with Crippen LogP contribution in [0, 0.1) is 19.8 Å². The summed E-state index contributed by atoms with van der Waals surface area (Å²) in [6, 6.07) is 17.4. The van der Waals surface area contributed by atoms with Crippen molar-refractivity contribution < 1.29 is 24.2 Å². The standard InChI is InChI=1S/C32H36N2O5/c1-5-21-13-20(4)14-22(6-2)30(21)33-28(35)17-34-16-25(24-11-12-26-27(15-24)39-18-38-26)29(32(36)37)31(34)23-9-7-19(3)8-10-23/h7-15,25,29,31H,5-6,16-18H2,1-4H3,(H,33,35)(H,36,37)/t25-,29-,31+/m1/s1. The molecule has 3 aromatic carbocycles. The lowest BCUT2D eigenvalue weighted by Crippen LogP contribution is -2.35. The van der Waals surface area contributed by atoms with Gasteiger partial charge in [0.2, 0.25) is 12.7 Å². The zero-order chi connectivity index (χ0) is 27.7. The van der Waals surface area contributed by atoms with E-state index in [0.717, 1.165) is 46.3 Å². The van der Waals surface area contributed by atoms with Crippen molar-refractivity contribution in [3.05, 3.63) is 88.0 Å². The predicted molar refractivity (Wildman–Crippen MR) is 150 cm³/mol. The first kappa shape index (κ1) is 26.8. The Balaban J connectivity index is 1.48. The normalized spacial score (nSPS) is 20.3. The number of hydrogen-bond acceptors (Lipinski definition) is 5. The zero-order valence-electron chi connectivity index (χ0n) is 23.0. The Bertz CT molecular complexity index is 1360. The van der Waals surface area contributed by atoms with Crippen molar-refractivity contribution in [1.29, 1.82) is 0 Å². The van der Waals surface area contributed by atoms with Crippen LogP contribution >= 0.6 is 0 Å². The second kappa shape index (κ2) is 11.1. The average Bonchev–Trinajstić information content (AvgIpc) is 3.54. The molecule has 0 saturated carbocycles. The molecule has 0 aromatic heterocycles. The van der Waals surface area contributed by atoms with Crippen LogP contribution in [-0.2, 0) is 22.4 Å². The van der Waals surface area contributed by atoms with Crippen LogP contribution in [0.4, 0.5) is 5.69 Å². The van der Waals surface area contributed by atoms with Crippen LogP contribution in [0.2, 0.25) is 0 Å². The molecule has 7 nitrogen and oxygen atoms in total. The van der Waals surface area contributed by atoms with E-state index in [1.807, 2.05) is 54.3 Å². The highest BCUT2D eigenvalue weighted by Gasteiger charge is 2.48. The molecule has 1 amide bonds. The summed E-state index contributed by atoms with van der Waals surface area (Å²) in [4.78, 5) is 28.4. The minimum atomic E-state index is -0.883. The van der Waals surface area contributed by atoms with Crippen LogP contribution < -0.4 is 14.8 Å². The Morgan fingerprint density at radius 3 is 2.18 bits per heavy atom. The molecular formula is C32H36N2O5. The average molecular weight is 529 g/mol. The van der Waals surface area contributed by atoms with E-state index in [2.05, 4.69) is 38.2 Å². The summed E-state index contributed by atoms with van der Waals surface area (Å²) in [7, 11) is 0. The predicted octanol–water partition coefficient (Wildman–Crippen LogP) is 5.64. The highest BCUT2D eigenvalue weighted by molar-refractivity contribution is 5.94. The summed E-state index contributed by atoms with van der Waals surface area (Å²) in [5.41, 5.74) is 7.13. The molecule has 0 radical (unpaired) electrons. The summed E-state index contributed by atoms with van der Waals surface area (Å²) < 4.78 is 11.0. The highest BCUT2D eigenvalue weighted by atomic mass is 16.7. The lowest BCUT2D eigenvalue weighted by Gasteiger charge is -2.27. The van der Waals surface area contributed by atoms with Crippen molar-refractivity contribution in [2.45, 2.75) is 52.5 Å². The van der Waals surface area contributed by atoms with Crippen LogP contribution in [0.15, 0.2) is 54.6 Å². The van der Waals surface area contributed by atoms with E-state index in [-0.39, 0.29) is 25.2 Å². The number of nitrogens with zero attached hydrogens (tertiary/aromatic N) is 1. The number of carbonyl (C=O) groups excluding carboxylic acids is 1. The number of carboxylic acid groups (broad SMARTS) is 1. The lowest BCUT2D eigenvalue weighted by atomic mass is 9.82. The molecule has 2 N–H and O–H groups in total. The number of aliphatic carboxylic acids is 1. The molecule has 1 saturated heterocycles. The Kier molecular flexibility index (Phi) is 7.62. The fourth-order valence-corrected chi connectivity index (χ4v) is 6.06. The molecule has 1 fully saturated rings. The van der Waals surface area contributed by atoms with Crippen LogP contribution in [0.1, 0.15) is 59.2 Å². The van der Waals surface area contributed by atoms with Gasteiger partial charge < -0.3 is 19.9 Å². The molecule has 2 aliphatic rings. The lowest BCUT2D eigenvalue weighted by molar-refractivity contribution is -0.143. The van der Waals surface area contributed by atoms with Crippen molar-refractivity contribution >= 4 is 17.6 Å². The van der Waals surface area contributed by atoms with Gasteiger partial charge in [-0.05, 0) is 61.1 Å². The monoisotopic (exact) mass is 528 g/mol. The van der Waals surface area contributed by atoms with E-state index in [1.54, 1.807) is 0 Å². The number of hydrogen-bond donors (Lipinski definition) is 2. The van der Waals surface area contributed by atoms with Crippen molar-refractivity contribution in [2.24, 2.45) is 5.92 Å². The SMILES string of the molecule is CCc1cc(C)cc(CC)c1NC(=O)CN1C[C@H](c2ccc3c(c2)OCO3)[C@@H](C(=O)O)[C@@H]1c1ccc(C)cc1. The van der Waals surface area contributed by atoms with E-state index in [9.17, 15) is 14.7 Å². The molecule has 0 bridgehead atoms. The minimum Gasteiger partial charge on any atom is -0.481 e. The quantitative estimate of drug-likeness (QED) is 0.394. The number of anilines is 1. The zero-order valence-corrected chi connectivity index (χ0v) is 23.0.